The molecular weight excluding hydrogens is 555 g/mol. The van der Waals surface area contributed by atoms with E-state index in [1.54, 1.807) is 36.6 Å². The molecule has 0 aliphatic carbocycles. The summed E-state index contributed by atoms with van der Waals surface area (Å²) >= 11 is 3.26. The first kappa shape index (κ1) is 23.2. The van der Waals surface area contributed by atoms with Crippen molar-refractivity contribution >= 4 is 46.0 Å². The van der Waals surface area contributed by atoms with Crippen molar-refractivity contribution in [1.82, 2.24) is 4.57 Å². The summed E-state index contributed by atoms with van der Waals surface area (Å²) in [6.07, 6.45) is 1.74. The number of ether oxygens (including phenoxy) is 2. The first-order chi connectivity index (χ1) is 15.8. The number of benzene rings is 2. The van der Waals surface area contributed by atoms with Gasteiger partial charge in [-0.25, -0.2) is 9.79 Å². The molecule has 9 heteroatoms. The third-order valence-corrected chi connectivity index (χ3v) is 7.01. The third-order valence-electron chi connectivity index (χ3n) is 5.20. The Labute approximate surface area is 207 Å². The Morgan fingerprint density at radius 3 is 2.70 bits per heavy atom. The summed E-state index contributed by atoms with van der Waals surface area (Å²) in [6, 6.07) is 12.2. The number of halogens is 1. The minimum Gasteiger partial charge on any atom is -0.504 e. The van der Waals surface area contributed by atoms with E-state index in [0.717, 1.165) is 5.56 Å². The van der Waals surface area contributed by atoms with Gasteiger partial charge in [-0.2, -0.15) is 0 Å². The molecule has 2 heterocycles. The number of aromatic hydroxyl groups is 1. The molecule has 1 aromatic heterocycles. The summed E-state index contributed by atoms with van der Waals surface area (Å²) in [7, 11) is 1.47. The maximum atomic E-state index is 13.6. The summed E-state index contributed by atoms with van der Waals surface area (Å²) in [4.78, 5) is 31.5. The van der Waals surface area contributed by atoms with Crippen molar-refractivity contribution in [2.45, 2.75) is 19.9 Å². The van der Waals surface area contributed by atoms with Gasteiger partial charge in [0.05, 0.1) is 39.1 Å². The molecule has 2 aromatic carbocycles. The lowest BCUT2D eigenvalue weighted by Gasteiger charge is -2.24. The SMILES string of the molecule is CCOC(=O)C1=C(C)N=c2s/c(=C/c3cc(I)c(O)c(OC)c3)c(=O)n2[C@H]1c1ccccc1. The number of allylic oxidation sites excluding steroid dienone is 1. The summed E-state index contributed by atoms with van der Waals surface area (Å²) in [6.45, 7) is 3.73. The Morgan fingerprint density at radius 2 is 2.03 bits per heavy atom. The average molecular weight is 576 g/mol. The molecule has 0 radical (unpaired) electrons. The third kappa shape index (κ3) is 4.34. The van der Waals surface area contributed by atoms with Gasteiger partial charge in [0.15, 0.2) is 16.3 Å². The number of aromatic nitrogens is 1. The van der Waals surface area contributed by atoms with Gasteiger partial charge in [-0.1, -0.05) is 41.7 Å². The molecule has 0 saturated carbocycles. The van der Waals surface area contributed by atoms with E-state index in [9.17, 15) is 14.7 Å². The lowest BCUT2D eigenvalue weighted by atomic mass is 9.96. The minimum absolute atomic E-state index is 0.0514. The molecule has 0 unspecified atom stereocenters. The van der Waals surface area contributed by atoms with Crippen LogP contribution in [0.3, 0.4) is 0 Å². The maximum Gasteiger partial charge on any atom is 0.338 e. The van der Waals surface area contributed by atoms with Gasteiger partial charge in [-0.3, -0.25) is 9.36 Å². The topological polar surface area (TPSA) is 90.1 Å². The highest BCUT2D eigenvalue weighted by Crippen LogP contribution is 2.33. The van der Waals surface area contributed by atoms with E-state index in [2.05, 4.69) is 4.99 Å². The average Bonchev–Trinajstić information content (AvgIpc) is 3.10. The van der Waals surface area contributed by atoms with Crippen LogP contribution in [0.1, 0.15) is 31.0 Å². The number of esters is 1. The van der Waals surface area contributed by atoms with Crippen molar-refractivity contribution in [3.8, 4) is 11.5 Å². The zero-order valence-corrected chi connectivity index (χ0v) is 21.1. The molecule has 4 rings (SSSR count). The van der Waals surface area contributed by atoms with Gasteiger partial charge in [0.2, 0.25) is 0 Å². The molecule has 0 bridgehead atoms. The van der Waals surface area contributed by atoms with Gasteiger partial charge in [0.1, 0.15) is 0 Å². The van der Waals surface area contributed by atoms with Crippen molar-refractivity contribution < 1.29 is 19.4 Å². The van der Waals surface area contributed by atoms with Gasteiger partial charge in [-0.05, 0) is 65.8 Å². The highest BCUT2D eigenvalue weighted by Gasteiger charge is 2.33. The first-order valence-electron chi connectivity index (χ1n) is 10.2. The molecular formula is C24H21IN2O5S. The second kappa shape index (κ2) is 9.52. The number of hydrogen-bond donors (Lipinski definition) is 1. The van der Waals surface area contributed by atoms with E-state index in [-0.39, 0.29) is 17.9 Å². The van der Waals surface area contributed by atoms with Crippen LogP contribution in [-0.4, -0.2) is 29.4 Å². The van der Waals surface area contributed by atoms with Gasteiger partial charge < -0.3 is 14.6 Å². The van der Waals surface area contributed by atoms with Crippen LogP contribution in [0.2, 0.25) is 0 Å². The molecule has 0 spiro atoms. The predicted molar refractivity (Wildman–Crippen MR) is 134 cm³/mol. The Bertz CT molecular complexity index is 1440. The number of hydrogen-bond acceptors (Lipinski definition) is 7. The second-order valence-electron chi connectivity index (χ2n) is 7.27. The number of phenolic OH excluding ortho intramolecular Hbond substituents is 1. The van der Waals surface area contributed by atoms with E-state index < -0.39 is 12.0 Å². The lowest BCUT2D eigenvalue weighted by Crippen LogP contribution is -2.39. The maximum absolute atomic E-state index is 13.6. The van der Waals surface area contributed by atoms with E-state index in [0.29, 0.717) is 35.5 Å². The number of thiazole rings is 1. The summed E-state index contributed by atoms with van der Waals surface area (Å²) in [5.74, 6) is -0.112. The van der Waals surface area contributed by atoms with Crippen LogP contribution in [0, 0.1) is 3.57 Å². The number of phenols is 1. The predicted octanol–water partition coefficient (Wildman–Crippen LogP) is 3.12. The van der Waals surface area contributed by atoms with Crippen molar-refractivity contribution in [2.24, 2.45) is 4.99 Å². The molecule has 0 fully saturated rings. The van der Waals surface area contributed by atoms with Crippen molar-refractivity contribution in [3.63, 3.8) is 0 Å². The van der Waals surface area contributed by atoms with Gasteiger partial charge in [0, 0.05) is 0 Å². The van der Waals surface area contributed by atoms with Crippen LogP contribution in [0.5, 0.6) is 11.5 Å². The van der Waals surface area contributed by atoms with Crippen LogP contribution in [-0.2, 0) is 9.53 Å². The van der Waals surface area contributed by atoms with Crippen LogP contribution in [0.4, 0.5) is 0 Å². The molecule has 7 nitrogen and oxygen atoms in total. The van der Waals surface area contributed by atoms with Gasteiger partial charge >= 0.3 is 5.97 Å². The fourth-order valence-electron chi connectivity index (χ4n) is 3.73. The highest BCUT2D eigenvalue weighted by molar-refractivity contribution is 14.1. The zero-order chi connectivity index (χ0) is 23.7. The van der Waals surface area contributed by atoms with Gasteiger partial charge in [-0.15, -0.1) is 0 Å². The zero-order valence-electron chi connectivity index (χ0n) is 18.2. The quantitative estimate of drug-likeness (QED) is 0.373. The van der Waals surface area contributed by atoms with Crippen LogP contribution in [0.25, 0.3) is 6.08 Å². The van der Waals surface area contributed by atoms with Crippen LogP contribution >= 0.6 is 33.9 Å². The molecule has 0 amide bonds. The van der Waals surface area contributed by atoms with E-state index in [1.165, 1.54) is 18.4 Å². The number of nitrogens with zero attached hydrogens (tertiary/aromatic N) is 2. The molecule has 1 atom stereocenters. The van der Waals surface area contributed by atoms with Gasteiger partial charge in [0.25, 0.3) is 5.56 Å². The number of rotatable bonds is 5. The van der Waals surface area contributed by atoms with Crippen molar-refractivity contribution in [2.75, 3.05) is 13.7 Å². The Balaban J connectivity index is 1.95. The first-order valence-corrected chi connectivity index (χ1v) is 12.1. The van der Waals surface area contributed by atoms with Crippen molar-refractivity contribution in [3.05, 3.63) is 88.1 Å². The summed E-state index contributed by atoms with van der Waals surface area (Å²) in [5.41, 5.74) is 2.11. The van der Waals surface area contributed by atoms with E-state index in [1.807, 2.05) is 52.9 Å². The monoisotopic (exact) mass is 576 g/mol. The standard InChI is InChI=1S/C24H21IN2O5S/c1-4-32-23(30)19-13(2)26-24-27(20(19)15-8-6-5-7-9-15)22(29)18(33-24)12-14-10-16(25)21(28)17(11-14)31-3/h5-12,20,28H,4H2,1-3H3/b18-12+/t20-/m0/s1. The molecule has 1 aliphatic rings. The van der Waals surface area contributed by atoms with Crippen LogP contribution in [0.15, 0.2) is 63.5 Å². The Morgan fingerprint density at radius 1 is 1.30 bits per heavy atom. The minimum atomic E-state index is -0.641. The Kier molecular flexibility index (Phi) is 6.71. The second-order valence-corrected chi connectivity index (χ2v) is 9.44. The lowest BCUT2D eigenvalue weighted by molar-refractivity contribution is -0.139. The summed E-state index contributed by atoms with van der Waals surface area (Å²) < 4.78 is 13.1. The number of fused-ring (bicyclic) bond motifs is 1. The smallest absolute Gasteiger partial charge is 0.338 e. The largest absolute Gasteiger partial charge is 0.504 e. The van der Waals surface area contributed by atoms with Crippen LogP contribution < -0.4 is 19.6 Å². The molecule has 33 heavy (non-hydrogen) atoms. The number of methoxy groups -OCH3 is 1. The normalized spacial score (nSPS) is 15.8. The molecule has 170 valence electrons. The van der Waals surface area contributed by atoms with E-state index in [4.69, 9.17) is 9.47 Å². The van der Waals surface area contributed by atoms with E-state index >= 15 is 0 Å². The fourth-order valence-corrected chi connectivity index (χ4v) is 5.40. The Hall–Kier alpha value is -2.92. The molecule has 0 saturated heterocycles. The number of carbonyl (C=O) groups excluding carboxylic acids is 1. The van der Waals surface area contributed by atoms with Crippen molar-refractivity contribution in [1.29, 1.82) is 0 Å². The highest BCUT2D eigenvalue weighted by atomic mass is 127. The molecule has 3 aromatic rings. The molecule has 1 N–H and O–H groups in total. The fraction of sp³-hybridized carbons (Fsp3) is 0.208. The number of carbonyl (C=O) groups is 1. The molecule has 1 aliphatic heterocycles. The summed E-state index contributed by atoms with van der Waals surface area (Å²) in [5, 5.41) is 10.1.